The number of fused-ring (bicyclic) bond motifs is 1. The molecule has 0 atom stereocenters. The molecule has 1 amide bonds. The highest BCUT2D eigenvalue weighted by molar-refractivity contribution is 9.10. The quantitative estimate of drug-likeness (QED) is 0.606. The van der Waals surface area contributed by atoms with Gasteiger partial charge in [0.1, 0.15) is 17.3 Å². The number of anilines is 1. The lowest BCUT2D eigenvalue weighted by atomic mass is 10.1. The molecule has 0 radical (unpaired) electrons. The van der Waals surface area contributed by atoms with Gasteiger partial charge in [-0.15, -0.1) is 0 Å². The minimum Gasteiger partial charge on any atom is -0.457 e. The van der Waals surface area contributed by atoms with Crippen LogP contribution >= 0.6 is 15.9 Å². The Hall–Kier alpha value is -2.66. The van der Waals surface area contributed by atoms with Crippen LogP contribution in [0.3, 0.4) is 0 Å². The summed E-state index contributed by atoms with van der Waals surface area (Å²) in [6.07, 6.45) is 1.71. The average molecular weight is 384 g/mol. The van der Waals surface area contributed by atoms with E-state index in [9.17, 15) is 9.18 Å². The summed E-state index contributed by atoms with van der Waals surface area (Å²) in [6.45, 7) is 0. The zero-order chi connectivity index (χ0) is 16.7. The minimum atomic E-state index is -0.294. The van der Waals surface area contributed by atoms with Gasteiger partial charge in [-0.1, -0.05) is 15.9 Å². The van der Waals surface area contributed by atoms with Gasteiger partial charge in [0.2, 0.25) is 0 Å². The average Bonchev–Trinajstić information content (AvgIpc) is 3.14. The van der Waals surface area contributed by atoms with Gasteiger partial charge in [-0.25, -0.2) is 4.39 Å². The number of rotatable bonds is 2. The van der Waals surface area contributed by atoms with Gasteiger partial charge in [-0.3, -0.25) is 4.79 Å². The van der Waals surface area contributed by atoms with E-state index in [4.69, 9.17) is 4.42 Å². The van der Waals surface area contributed by atoms with Gasteiger partial charge < -0.3 is 9.73 Å². The topological polar surface area (TPSA) is 42.2 Å². The molecule has 3 nitrogen and oxygen atoms in total. The first-order valence-electron chi connectivity index (χ1n) is 7.29. The maximum absolute atomic E-state index is 13.0. The molecular weight excluding hydrogens is 373 g/mol. The predicted molar refractivity (Wildman–Crippen MR) is 94.7 cm³/mol. The molecule has 0 fully saturated rings. The molecule has 3 aromatic rings. The number of carbonyl (C=O) groups is 1. The lowest BCUT2D eigenvalue weighted by molar-refractivity contribution is -0.110. The molecule has 0 saturated heterocycles. The van der Waals surface area contributed by atoms with E-state index in [1.807, 2.05) is 18.2 Å². The number of benzene rings is 2. The fourth-order valence-electron chi connectivity index (χ4n) is 2.65. The minimum absolute atomic E-state index is 0.164. The molecule has 1 N–H and O–H groups in total. The smallest absolute Gasteiger partial charge is 0.256 e. The number of amides is 1. The van der Waals surface area contributed by atoms with Gasteiger partial charge in [0, 0.05) is 21.3 Å². The van der Waals surface area contributed by atoms with E-state index in [-0.39, 0.29) is 11.7 Å². The predicted octanol–water partition coefficient (Wildman–Crippen LogP) is 5.34. The first-order chi connectivity index (χ1) is 11.6. The SMILES string of the molecule is O=C1Nc2ccc(Br)cc2/C1=C/c1ccc(-c2ccc(F)cc2)o1. The molecule has 0 unspecified atom stereocenters. The lowest BCUT2D eigenvalue weighted by Gasteiger charge is -1.99. The highest BCUT2D eigenvalue weighted by Gasteiger charge is 2.24. The third-order valence-corrected chi connectivity index (χ3v) is 4.30. The fraction of sp³-hybridized carbons (Fsp3) is 0. The molecular formula is C19H11BrFNO2. The number of hydrogen-bond acceptors (Lipinski definition) is 2. The summed E-state index contributed by atoms with van der Waals surface area (Å²) in [5, 5.41) is 2.83. The van der Waals surface area contributed by atoms with E-state index in [1.165, 1.54) is 12.1 Å². The molecule has 118 valence electrons. The number of furan rings is 1. The van der Waals surface area contributed by atoms with Gasteiger partial charge in [0.15, 0.2) is 0 Å². The summed E-state index contributed by atoms with van der Waals surface area (Å²) in [6, 6.07) is 15.3. The van der Waals surface area contributed by atoms with Gasteiger partial charge >= 0.3 is 0 Å². The second-order valence-corrected chi connectivity index (χ2v) is 6.33. The Morgan fingerprint density at radius 1 is 1.04 bits per heavy atom. The highest BCUT2D eigenvalue weighted by atomic mass is 79.9. The zero-order valence-electron chi connectivity index (χ0n) is 12.3. The van der Waals surface area contributed by atoms with Crippen LogP contribution in [0.15, 0.2) is 63.5 Å². The van der Waals surface area contributed by atoms with Crippen molar-refractivity contribution in [2.75, 3.05) is 5.32 Å². The Morgan fingerprint density at radius 3 is 2.62 bits per heavy atom. The third-order valence-electron chi connectivity index (χ3n) is 3.81. The zero-order valence-corrected chi connectivity index (χ0v) is 13.9. The Balaban J connectivity index is 1.71. The van der Waals surface area contributed by atoms with Crippen LogP contribution in [0.4, 0.5) is 10.1 Å². The van der Waals surface area contributed by atoms with Crippen LogP contribution in [0.25, 0.3) is 23.0 Å². The van der Waals surface area contributed by atoms with Crippen molar-refractivity contribution in [3.05, 3.63) is 76.2 Å². The van der Waals surface area contributed by atoms with E-state index < -0.39 is 0 Å². The fourth-order valence-corrected chi connectivity index (χ4v) is 3.01. The van der Waals surface area contributed by atoms with Crippen LogP contribution in [0.5, 0.6) is 0 Å². The van der Waals surface area contributed by atoms with Crippen molar-refractivity contribution in [1.82, 2.24) is 0 Å². The Kier molecular flexibility index (Phi) is 3.58. The molecule has 24 heavy (non-hydrogen) atoms. The Labute approximate surface area is 145 Å². The number of carbonyl (C=O) groups excluding carboxylic acids is 1. The molecule has 1 aliphatic rings. The van der Waals surface area contributed by atoms with Crippen molar-refractivity contribution in [1.29, 1.82) is 0 Å². The standard InChI is InChI=1S/C19H11BrFNO2/c20-12-3-7-17-15(9-12)16(19(23)22-17)10-14-6-8-18(24-14)11-1-4-13(21)5-2-11/h1-10H,(H,22,23)/b16-10-. The first kappa shape index (κ1) is 14.9. The monoisotopic (exact) mass is 383 g/mol. The van der Waals surface area contributed by atoms with Crippen molar-refractivity contribution in [3.8, 4) is 11.3 Å². The Bertz CT molecular complexity index is 973. The summed E-state index contributed by atoms with van der Waals surface area (Å²) in [5.74, 6) is 0.724. The maximum Gasteiger partial charge on any atom is 0.256 e. The van der Waals surface area contributed by atoms with E-state index in [0.717, 1.165) is 21.3 Å². The van der Waals surface area contributed by atoms with Crippen LogP contribution in [0.2, 0.25) is 0 Å². The number of hydrogen-bond donors (Lipinski definition) is 1. The van der Waals surface area contributed by atoms with E-state index in [2.05, 4.69) is 21.2 Å². The molecule has 0 bridgehead atoms. The lowest BCUT2D eigenvalue weighted by Crippen LogP contribution is -2.03. The van der Waals surface area contributed by atoms with Crippen molar-refractivity contribution in [3.63, 3.8) is 0 Å². The van der Waals surface area contributed by atoms with Crippen molar-refractivity contribution in [2.45, 2.75) is 0 Å². The molecule has 0 saturated carbocycles. The number of nitrogens with one attached hydrogen (secondary N) is 1. The maximum atomic E-state index is 13.0. The van der Waals surface area contributed by atoms with Gasteiger partial charge in [0.05, 0.1) is 5.57 Å². The largest absolute Gasteiger partial charge is 0.457 e. The van der Waals surface area contributed by atoms with E-state index in [0.29, 0.717) is 17.1 Å². The van der Waals surface area contributed by atoms with Crippen LogP contribution in [-0.2, 0) is 4.79 Å². The van der Waals surface area contributed by atoms with E-state index in [1.54, 1.807) is 30.3 Å². The summed E-state index contributed by atoms with van der Waals surface area (Å²) in [7, 11) is 0. The number of halogens is 2. The summed E-state index contributed by atoms with van der Waals surface area (Å²) in [5.41, 5.74) is 2.93. The highest BCUT2D eigenvalue weighted by Crippen LogP contribution is 2.35. The Morgan fingerprint density at radius 2 is 1.83 bits per heavy atom. The van der Waals surface area contributed by atoms with Gasteiger partial charge in [0.25, 0.3) is 5.91 Å². The van der Waals surface area contributed by atoms with Crippen LogP contribution in [0, 0.1) is 5.82 Å². The van der Waals surface area contributed by atoms with Gasteiger partial charge in [-0.05, 0) is 60.7 Å². The molecule has 4 rings (SSSR count). The molecule has 1 aliphatic heterocycles. The molecule has 0 spiro atoms. The van der Waals surface area contributed by atoms with Crippen LogP contribution < -0.4 is 5.32 Å². The van der Waals surface area contributed by atoms with E-state index >= 15 is 0 Å². The third kappa shape index (κ3) is 2.67. The molecule has 1 aromatic heterocycles. The molecule has 5 heteroatoms. The van der Waals surface area contributed by atoms with Crippen molar-refractivity contribution < 1.29 is 13.6 Å². The van der Waals surface area contributed by atoms with Crippen LogP contribution in [-0.4, -0.2) is 5.91 Å². The summed E-state index contributed by atoms with van der Waals surface area (Å²) < 4.78 is 19.7. The van der Waals surface area contributed by atoms with Gasteiger partial charge in [-0.2, -0.15) is 0 Å². The van der Waals surface area contributed by atoms with Crippen molar-refractivity contribution >= 4 is 39.2 Å². The second kappa shape index (κ2) is 5.76. The first-order valence-corrected chi connectivity index (χ1v) is 8.08. The van der Waals surface area contributed by atoms with Crippen LogP contribution in [0.1, 0.15) is 11.3 Å². The van der Waals surface area contributed by atoms with Crippen molar-refractivity contribution in [2.24, 2.45) is 0 Å². The summed E-state index contributed by atoms with van der Waals surface area (Å²) in [4.78, 5) is 12.2. The molecule has 2 aromatic carbocycles. The normalized spacial score (nSPS) is 14.8. The second-order valence-electron chi connectivity index (χ2n) is 5.41. The summed E-state index contributed by atoms with van der Waals surface area (Å²) >= 11 is 3.42. The molecule has 0 aliphatic carbocycles. The molecule has 2 heterocycles.